The summed E-state index contributed by atoms with van der Waals surface area (Å²) in [6, 6.07) is 3.62. The first kappa shape index (κ1) is 18.4. The summed E-state index contributed by atoms with van der Waals surface area (Å²) in [4.78, 5) is 0. The maximum absolute atomic E-state index is 14.3. The fourth-order valence-corrected chi connectivity index (χ4v) is 3.87. The molecule has 0 amide bonds. The molecule has 1 fully saturated rings. The summed E-state index contributed by atoms with van der Waals surface area (Å²) in [6.07, 6.45) is 11.9. The average molecular weight is 322 g/mol. The van der Waals surface area contributed by atoms with Crippen molar-refractivity contribution < 1.29 is 8.78 Å². The molecule has 23 heavy (non-hydrogen) atoms. The zero-order valence-corrected chi connectivity index (χ0v) is 14.8. The minimum absolute atomic E-state index is 0.545. The van der Waals surface area contributed by atoms with Crippen LogP contribution in [0.3, 0.4) is 0 Å². The molecule has 0 bridgehead atoms. The van der Waals surface area contributed by atoms with E-state index in [2.05, 4.69) is 13.8 Å². The highest BCUT2D eigenvalue weighted by atomic mass is 19.2. The third-order valence-electron chi connectivity index (χ3n) is 5.66. The summed E-state index contributed by atoms with van der Waals surface area (Å²) in [5, 5.41) is 0. The van der Waals surface area contributed by atoms with Gasteiger partial charge in [0.25, 0.3) is 0 Å². The van der Waals surface area contributed by atoms with Crippen LogP contribution < -0.4 is 0 Å². The van der Waals surface area contributed by atoms with Gasteiger partial charge in [-0.3, -0.25) is 0 Å². The fraction of sp³-hybridized carbons (Fsp3) is 0.714. The molecule has 0 radical (unpaired) electrons. The molecule has 2 rings (SSSR count). The summed E-state index contributed by atoms with van der Waals surface area (Å²) in [5.74, 6) is 0.391. The predicted molar refractivity (Wildman–Crippen MR) is 93.6 cm³/mol. The van der Waals surface area contributed by atoms with Gasteiger partial charge in [-0.1, -0.05) is 70.9 Å². The minimum atomic E-state index is -0.603. The van der Waals surface area contributed by atoms with Crippen LogP contribution in [0.15, 0.2) is 12.1 Å². The summed E-state index contributed by atoms with van der Waals surface area (Å²) >= 11 is 0. The van der Waals surface area contributed by atoms with E-state index < -0.39 is 11.6 Å². The minimum Gasteiger partial charge on any atom is -0.203 e. The molecule has 130 valence electrons. The second kappa shape index (κ2) is 9.39. The first-order valence-corrected chi connectivity index (χ1v) is 9.61. The Morgan fingerprint density at radius 1 is 0.826 bits per heavy atom. The van der Waals surface area contributed by atoms with Gasteiger partial charge in [0.15, 0.2) is 11.6 Å². The first-order valence-electron chi connectivity index (χ1n) is 9.61. The molecular formula is C21H32F2. The second-order valence-electron chi connectivity index (χ2n) is 7.30. The molecule has 0 spiro atoms. The van der Waals surface area contributed by atoms with Gasteiger partial charge in [0.05, 0.1) is 0 Å². The molecule has 1 aliphatic carbocycles. The molecule has 0 saturated heterocycles. The number of benzene rings is 1. The van der Waals surface area contributed by atoms with Crippen molar-refractivity contribution in [2.75, 3.05) is 0 Å². The summed E-state index contributed by atoms with van der Waals surface area (Å²) in [5.41, 5.74) is 1.11. The highest BCUT2D eigenvalue weighted by Gasteiger charge is 2.21. The number of rotatable bonds is 8. The van der Waals surface area contributed by atoms with Crippen molar-refractivity contribution in [2.24, 2.45) is 11.8 Å². The van der Waals surface area contributed by atoms with Crippen molar-refractivity contribution in [1.29, 1.82) is 0 Å². The summed E-state index contributed by atoms with van der Waals surface area (Å²) in [7, 11) is 0. The van der Waals surface area contributed by atoms with Crippen molar-refractivity contribution in [2.45, 2.75) is 84.5 Å². The monoisotopic (exact) mass is 322 g/mol. The molecule has 0 nitrogen and oxygen atoms in total. The van der Waals surface area contributed by atoms with Crippen molar-refractivity contribution >= 4 is 0 Å². The van der Waals surface area contributed by atoms with Crippen LogP contribution in [0.2, 0.25) is 0 Å². The Bertz CT molecular complexity index is 473. The molecule has 0 unspecified atom stereocenters. The van der Waals surface area contributed by atoms with Crippen LogP contribution in [-0.2, 0) is 12.8 Å². The van der Waals surface area contributed by atoms with E-state index in [0.29, 0.717) is 29.9 Å². The molecule has 0 heterocycles. The first-order chi connectivity index (χ1) is 11.2. The lowest BCUT2D eigenvalue weighted by Crippen LogP contribution is -2.15. The standard InChI is InChI=1S/C21H32F2/c1-3-5-6-7-18-14-15-19(21(23)20(18)22)13-12-17-10-8-16(4-2)9-11-17/h14-17H,3-13H2,1-2H3. The third-order valence-corrected chi connectivity index (χ3v) is 5.66. The van der Waals surface area contributed by atoms with Crippen molar-refractivity contribution in [3.8, 4) is 0 Å². The van der Waals surface area contributed by atoms with Gasteiger partial charge in [0.2, 0.25) is 0 Å². The van der Waals surface area contributed by atoms with Gasteiger partial charge < -0.3 is 0 Å². The Morgan fingerprint density at radius 2 is 1.39 bits per heavy atom. The topological polar surface area (TPSA) is 0 Å². The van der Waals surface area contributed by atoms with Crippen LogP contribution in [0.4, 0.5) is 8.78 Å². The summed E-state index contributed by atoms with van der Waals surface area (Å²) < 4.78 is 28.4. The molecule has 0 atom stereocenters. The van der Waals surface area contributed by atoms with Crippen LogP contribution in [0.1, 0.15) is 82.8 Å². The van der Waals surface area contributed by atoms with Gasteiger partial charge in [0.1, 0.15) is 0 Å². The number of hydrogen-bond donors (Lipinski definition) is 0. The molecule has 0 aliphatic heterocycles. The SMILES string of the molecule is CCCCCc1ccc(CCC2CCC(CC)CC2)c(F)c1F. The molecular weight excluding hydrogens is 290 g/mol. The zero-order valence-electron chi connectivity index (χ0n) is 14.8. The number of unbranched alkanes of at least 4 members (excludes halogenated alkanes) is 2. The van der Waals surface area contributed by atoms with E-state index >= 15 is 0 Å². The van der Waals surface area contributed by atoms with Crippen LogP contribution in [-0.4, -0.2) is 0 Å². The quantitative estimate of drug-likeness (QED) is 0.459. The van der Waals surface area contributed by atoms with Crippen LogP contribution >= 0.6 is 0 Å². The lowest BCUT2D eigenvalue weighted by Gasteiger charge is -2.27. The van der Waals surface area contributed by atoms with Crippen molar-refractivity contribution in [3.63, 3.8) is 0 Å². The Hall–Kier alpha value is -0.920. The molecule has 1 aliphatic rings. The van der Waals surface area contributed by atoms with E-state index in [9.17, 15) is 8.78 Å². The molecule has 1 saturated carbocycles. The number of halogens is 2. The molecule has 0 aromatic heterocycles. The van der Waals surface area contributed by atoms with E-state index in [1.54, 1.807) is 6.07 Å². The Kier molecular flexibility index (Phi) is 7.52. The predicted octanol–water partition coefficient (Wildman–Crippen LogP) is 6.85. The summed E-state index contributed by atoms with van der Waals surface area (Å²) in [6.45, 7) is 4.39. The van der Waals surface area contributed by atoms with Gasteiger partial charge in [-0.15, -0.1) is 0 Å². The van der Waals surface area contributed by atoms with E-state index in [1.165, 1.54) is 32.1 Å². The zero-order chi connectivity index (χ0) is 16.7. The van der Waals surface area contributed by atoms with Gasteiger partial charge in [-0.05, 0) is 48.6 Å². The fourth-order valence-electron chi connectivity index (χ4n) is 3.87. The van der Waals surface area contributed by atoms with E-state index in [0.717, 1.165) is 31.6 Å². The highest BCUT2D eigenvalue weighted by Crippen LogP contribution is 2.33. The van der Waals surface area contributed by atoms with Crippen molar-refractivity contribution in [3.05, 3.63) is 34.9 Å². The lowest BCUT2D eigenvalue weighted by molar-refractivity contribution is 0.258. The number of aryl methyl sites for hydroxylation is 2. The Balaban J connectivity index is 1.87. The maximum Gasteiger partial charge on any atom is 0.162 e. The van der Waals surface area contributed by atoms with Gasteiger partial charge in [-0.25, -0.2) is 8.78 Å². The highest BCUT2D eigenvalue weighted by molar-refractivity contribution is 5.26. The molecule has 2 heteroatoms. The normalized spacial score (nSPS) is 21.6. The van der Waals surface area contributed by atoms with Crippen LogP contribution in [0.25, 0.3) is 0 Å². The van der Waals surface area contributed by atoms with Gasteiger partial charge >= 0.3 is 0 Å². The van der Waals surface area contributed by atoms with E-state index in [4.69, 9.17) is 0 Å². The van der Waals surface area contributed by atoms with Crippen molar-refractivity contribution in [1.82, 2.24) is 0 Å². The Morgan fingerprint density at radius 3 is 1.96 bits per heavy atom. The largest absolute Gasteiger partial charge is 0.203 e. The second-order valence-corrected chi connectivity index (χ2v) is 7.30. The van der Waals surface area contributed by atoms with Crippen LogP contribution in [0.5, 0.6) is 0 Å². The van der Waals surface area contributed by atoms with Crippen LogP contribution in [0, 0.1) is 23.5 Å². The van der Waals surface area contributed by atoms with E-state index in [1.807, 2.05) is 6.07 Å². The van der Waals surface area contributed by atoms with Gasteiger partial charge in [0, 0.05) is 0 Å². The number of hydrogen-bond acceptors (Lipinski definition) is 0. The average Bonchev–Trinajstić information content (AvgIpc) is 2.58. The Labute approximate surface area is 140 Å². The van der Waals surface area contributed by atoms with Gasteiger partial charge in [-0.2, -0.15) is 0 Å². The third kappa shape index (κ3) is 5.29. The maximum atomic E-state index is 14.3. The molecule has 1 aromatic carbocycles. The molecule has 1 aromatic rings. The molecule has 0 N–H and O–H groups in total. The lowest BCUT2D eigenvalue weighted by atomic mass is 9.78. The van der Waals surface area contributed by atoms with E-state index in [-0.39, 0.29) is 0 Å². The smallest absolute Gasteiger partial charge is 0.162 e.